The fourth-order valence-corrected chi connectivity index (χ4v) is 3.09. The smallest absolute Gasteiger partial charge is 0.134 e. The third-order valence-electron chi connectivity index (χ3n) is 3.76. The first-order valence-corrected chi connectivity index (χ1v) is 6.66. The molecular weight excluding hydrogens is 232 g/mol. The highest BCUT2D eigenvalue weighted by molar-refractivity contribution is 5.33. The number of aryl methyl sites for hydroxylation is 1. The second kappa shape index (κ2) is 4.96. The van der Waals surface area contributed by atoms with Crippen LogP contribution in [0.25, 0.3) is 0 Å². The van der Waals surface area contributed by atoms with Crippen LogP contribution in [0, 0.1) is 24.5 Å². The molecule has 0 bridgehead atoms. The number of benzene rings is 1. The van der Waals surface area contributed by atoms with Gasteiger partial charge in [0.05, 0.1) is 0 Å². The molecule has 1 aromatic carbocycles. The largest absolute Gasteiger partial charge is 0.307 e. The maximum Gasteiger partial charge on any atom is 0.134 e. The zero-order chi connectivity index (χ0) is 13.3. The predicted octanol–water partition coefficient (Wildman–Crippen LogP) is 3.90. The van der Waals surface area contributed by atoms with E-state index >= 15 is 0 Å². The van der Waals surface area contributed by atoms with Crippen LogP contribution in [0.15, 0.2) is 12.1 Å². The monoisotopic (exact) mass is 253 g/mol. The predicted molar refractivity (Wildman–Crippen MR) is 69.5 cm³/mol. The van der Waals surface area contributed by atoms with E-state index in [2.05, 4.69) is 19.2 Å². The lowest BCUT2D eigenvalue weighted by Crippen LogP contribution is -2.40. The molecule has 0 aliphatic carbocycles. The summed E-state index contributed by atoms with van der Waals surface area (Å²) in [7, 11) is 0. The van der Waals surface area contributed by atoms with E-state index in [1.807, 2.05) is 0 Å². The summed E-state index contributed by atoms with van der Waals surface area (Å²) in [5, 5.41) is 3.35. The molecule has 1 atom stereocenters. The lowest BCUT2D eigenvalue weighted by molar-refractivity contribution is 0.288. The number of hydrogen-bond donors (Lipinski definition) is 1. The third-order valence-corrected chi connectivity index (χ3v) is 3.76. The molecule has 2 rings (SSSR count). The normalized spacial score (nSPS) is 23.9. The van der Waals surface area contributed by atoms with E-state index in [-0.39, 0.29) is 11.4 Å². The van der Waals surface area contributed by atoms with Crippen molar-refractivity contribution in [1.29, 1.82) is 0 Å². The van der Waals surface area contributed by atoms with Crippen LogP contribution in [0.4, 0.5) is 8.78 Å². The Kier molecular flexibility index (Phi) is 3.71. The zero-order valence-electron chi connectivity index (χ0n) is 11.3. The van der Waals surface area contributed by atoms with Gasteiger partial charge >= 0.3 is 0 Å². The Hall–Kier alpha value is -0.960. The van der Waals surface area contributed by atoms with Crippen molar-refractivity contribution in [3.05, 3.63) is 34.9 Å². The van der Waals surface area contributed by atoms with E-state index in [9.17, 15) is 8.78 Å². The summed E-state index contributed by atoms with van der Waals surface area (Å²) in [4.78, 5) is 0. The van der Waals surface area contributed by atoms with Crippen molar-refractivity contribution in [3.63, 3.8) is 0 Å². The van der Waals surface area contributed by atoms with Gasteiger partial charge in [-0.1, -0.05) is 19.9 Å². The first-order valence-electron chi connectivity index (χ1n) is 6.66. The van der Waals surface area contributed by atoms with E-state index in [0.29, 0.717) is 11.5 Å². The van der Waals surface area contributed by atoms with Gasteiger partial charge in [-0.05, 0) is 50.3 Å². The van der Waals surface area contributed by atoms with Gasteiger partial charge in [0.15, 0.2) is 0 Å². The molecule has 1 aliphatic heterocycles. The Bertz CT molecular complexity index is 434. The quantitative estimate of drug-likeness (QED) is 0.861. The van der Waals surface area contributed by atoms with E-state index in [0.717, 1.165) is 25.8 Å². The minimum atomic E-state index is -0.519. The lowest BCUT2D eigenvalue weighted by atomic mass is 9.80. The van der Waals surface area contributed by atoms with E-state index in [4.69, 9.17) is 0 Å². The van der Waals surface area contributed by atoms with Crippen LogP contribution >= 0.6 is 0 Å². The highest BCUT2D eigenvalue weighted by atomic mass is 19.1. The maximum absolute atomic E-state index is 14.3. The second-order valence-electron chi connectivity index (χ2n) is 5.76. The van der Waals surface area contributed by atoms with Crippen LogP contribution < -0.4 is 5.32 Å². The molecule has 1 N–H and O–H groups in total. The van der Waals surface area contributed by atoms with Crippen molar-refractivity contribution in [2.24, 2.45) is 5.92 Å². The fraction of sp³-hybridized carbons (Fsp3) is 0.600. The molecule has 3 heteroatoms. The summed E-state index contributed by atoms with van der Waals surface area (Å²) >= 11 is 0. The molecule has 1 saturated heterocycles. The molecule has 0 amide bonds. The van der Waals surface area contributed by atoms with Gasteiger partial charge < -0.3 is 5.32 Å². The molecule has 1 nitrogen and oxygen atoms in total. The second-order valence-corrected chi connectivity index (χ2v) is 5.76. The van der Waals surface area contributed by atoms with Crippen LogP contribution in [0.5, 0.6) is 0 Å². The SMILES string of the molecule is Cc1ccc(F)c(C2(CC(C)C)CCCN2)c1F. The molecule has 1 aromatic rings. The summed E-state index contributed by atoms with van der Waals surface area (Å²) in [6.45, 7) is 6.70. The van der Waals surface area contributed by atoms with Crippen molar-refractivity contribution in [2.45, 2.75) is 45.6 Å². The highest BCUT2D eigenvalue weighted by Crippen LogP contribution is 2.39. The summed E-state index contributed by atoms with van der Waals surface area (Å²) < 4.78 is 28.4. The molecule has 1 unspecified atom stereocenters. The number of rotatable bonds is 3. The zero-order valence-corrected chi connectivity index (χ0v) is 11.3. The van der Waals surface area contributed by atoms with Crippen LogP contribution in [-0.4, -0.2) is 6.54 Å². The lowest BCUT2D eigenvalue weighted by Gasteiger charge is -2.33. The van der Waals surface area contributed by atoms with Gasteiger partial charge in [-0.3, -0.25) is 0 Å². The molecule has 1 fully saturated rings. The molecule has 0 saturated carbocycles. The summed E-state index contributed by atoms with van der Waals surface area (Å²) in [6, 6.07) is 2.89. The Balaban J connectivity index is 2.52. The standard InChI is InChI=1S/C15H21F2N/c1-10(2)9-15(7-4-8-18-15)13-12(16)6-5-11(3)14(13)17/h5-6,10,18H,4,7-9H2,1-3H3. The van der Waals surface area contributed by atoms with Crippen LogP contribution in [0.1, 0.15) is 44.2 Å². The van der Waals surface area contributed by atoms with Crippen LogP contribution in [-0.2, 0) is 5.54 Å². The van der Waals surface area contributed by atoms with Gasteiger partial charge in [-0.25, -0.2) is 8.78 Å². The topological polar surface area (TPSA) is 12.0 Å². The number of halogens is 2. The average molecular weight is 253 g/mol. The van der Waals surface area contributed by atoms with Gasteiger partial charge in [0, 0.05) is 11.1 Å². The van der Waals surface area contributed by atoms with E-state index < -0.39 is 11.4 Å². The summed E-state index contributed by atoms with van der Waals surface area (Å²) in [6.07, 6.45) is 2.55. The molecule has 1 heterocycles. The Morgan fingerprint density at radius 3 is 2.61 bits per heavy atom. The Morgan fingerprint density at radius 1 is 1.33 bits per heavy atom. The minimum Gasteiger partial charge on any atom is -0.307 e. The van der Waals surface area contributed by atoms with Gasteiger partial charge in [0.1, 0.15) is 11.6 Å². The van der Waals surface area contributed by atoms with Crippen molar-refractivity contribution in [1.82, 2.24) is 5.32 Å². The molecule has 0 radical (unpaired) electrons. The number of hydrogen-bond acceptors (Lipinski definition) is 1. The third kappa shape index (κ3) is 2.28. The van der Waals surface area contributed by atoms with Crippen molar-refractivity contribution in [2.75, 3.05) is 6.54 Å². The first-order chi connectivity index (χ1) is 8.46. The average Bonchev–Trinajstić information content (AvgIpc) is 2.72. The molecular formula is C15H21F2N. The Morgan fingerprint density at radius 2 is 2.06 bits per heavy atom. The van der Waals surface area contributed by atoms with Crippen molar-refractivity contribution in [3.8, 4) is 0 Å². The first kappa shape index (κ1) is 13.5. The molecule has 100 valence electrons. The minimum absolute atomic E-state index is 0.244. The molecule has 18 heavy (non-hydrogen) atoms. The van der Waals surface area contributed by atoms with Gasteiger partial charge in [0.25, 0.3) is 0 Å². The molecule has 1 aliphatic rings. The fourth-order valence-electron chi connectivity index (χ4n) is 3.09. The molecule has 0 spiro atoms. The maximum atomic E-state index is 14.3. The van der Waals surface area contributed by atoms with Crippen LogP contribution in [0.3, 0.4) is 0 Å². The molecule has 0 aromatic heterocycles. The van der Waals surface area contributed by atoms with E-state index in [1.54, 1.807) is 6.92 Å². The van der Waals surface area contributed by atoms with Gasteiger partial charge in [-0.15, -0.1) is 0 Å². The van der Waals surface area contributed by atoms with Crippen LogP contribution in [0.2, 0.25) is 0 Å². The van der Waals surface area contributed by atoms with Crippen molar-refractivity contribution >= 4 is 0 Å². The summed E-state index contributed by atoms with van der Waals surface area (Å²) in [5.41, 5.74) is 0.242. The Labute approximate surface area is 108 Å². The van der Waals surface area contributed by atoms with E-state index in [1.165, 1.54) is 12.1 Å². The highest BCUT2D eigenvalue weighted by Gasteiger charge is 2.40. The van der Waals surface area contributed by atoms with Gasteiger partial charge in [0.2, 0.25) is 0 Å². The number of nitrogens with one attached hydrogen (secondary N) is 1. The van der Waals surface area contributed by atoms with Crippen molar-refractivity contribution < 1.29 is 8.78 Å². The summed E-state index contributed by atoms with van der Waals surface area (Å²) in [5.74, 6) is -0.409. The van der Waals surface area contributed by atoms with Gasteiger partial charge in [-0.2, -0.15) is 0 Å².